The summed E-state index contributed by atoms with van der Waals surface area (Å²) in [6, 6.07) is 16.0. The van der Waals surface area contributed by atoms with Gasteiger partial charge in [-0.15, -0.1) is 24.0 Å². The van der Waals surface area contributed by atoms with Crippen LogP contribution in [0.25, 0.3) is 0 Å². The van der Waals surface area contributed by atoms with Crippen LogP contribution in [0.2, 0.25) is 5.02 Å². The Morgan fingerprint density at radius 2 is 1.81 bits per heavy atom. The number of aliphatic imine (C=N–C) groups is 1. The second kappa shape index (κ2) is 13.0. The normalized spacial score (nSPS) is 15.1. The molecule has 0 aromatic heterocycles. The number of carbonyl (C=O) groups excluding carboxylic acids is 1. The monoisotopic (exact) mass is 569 g/mol. The summed E-state index contributed by atoms with van der Waals surface area (Å²) in [7, 11) is 5.29. The van der Waals surface area contributed by atoms with E-state index in [0.717, 1.165) is 36.2 Å². The van der Waals surface area contributed by atoms with E-state index in [1.54, 1.807) is 26.0 Å². The van der Waals surface area contributed by atoms with Crippen molar-refractivity contribution in [3.05, 3.63) is 70.2 Å². The number of benzene rings is 2. The molecule has 0 spiro atoms. The first kappa shape index (κ1) is 26.4. The van der Waals surface area contributed by atoms with E-state index in [9.17, 15) is 4.79 Å². The smallest absolute Gasteiger partial charge is 0.253 e. The first-order chi connectivity index (χ1) is 15.0. The second-order valence-corrected chi connectivity index (χ2v) is 8.45. The molecule has 174 valence electrons. The largest absolute Gasteiger partial charge is 0.354 e. The molecule has 2 aromatic carbocycles. The van der Waals surface area contributed by atoms with Crippen molar-refractivity contribution >= 4 is 47.4 Å². The molecule has 2 aromatic rings. The van der Waals surface area contributed by atoms with Crippen LogP contribution in [-0.2, 0) is 6.54 Å². The summed E-state index contributed by atoms with van der Waals surface area (Å²) in [4.78, 5) is 20.5. The van der Waals surface area contributed by atoms with Crippen molar-refractivity contribution in [1.29, 1.82) is 0 Å². The van der Waals surface area contributed by atoms with Crippen molar-refractivity contribution in [1.82, 2.24) is 20.4 Å². The molecule has 1 atom stereocenters. The van der Waals surface area contributed by atoms with Gasteiger partial charge < -0.3 is 15.5 Å². The van der Waals surface area contributed by atoms with E-state index >= 15 is 0 Å². The van der Waals surface area contributed by atoms with Gasteiger partial charge in [0, 0.05) is 44.8 Å². The minimum Gasteiger partial charge on any atom is -0.354 e. The molecule has 1 amide bonds. The minimum absolute atomic E-state index is 0. The van der Waals surface area contributed by atoms with Gasteiger partial charge in [0.25, 0.3) is 5.91 Å². The molecular weight excluding hydrogens is 537 g/mol. The fourth-order valence-corrected chi connectivity index (χ4v) is 4.05. The Bertz CT molecular complexity index is 898. The van der Waals surface area contributed by atoms with Crippen molar-refractivity contribution < 1.29 is 4.79 Å². The Kier molecular flexibility index (Phi) is 10.7. The number of amides is 1. The number of rotatable bonds is 7. The quantitative estimate of drug-likeness (QED) is 0.299. The maximum Gasteiger partial charge on any atom is 0.253 e. The molecule has 0 radical (unpaired) electrons. The Balaban J connectivity index is 0.00000363. The van der Waals surface area contributed by atoms with Gasteiger partial charge >= 0.3 is 0 Å². The van der Waals surface area contributed by atoms with Crippen LogP contribution in [0.3, 0.4) is 0 Å². The predicted octanol–water partition coefficient (Wildman–Crippen LogP) is 4.16. The molecular formula is C24H33ClIN5O. The molecule has 1 saturated heterocycles. The third kappa shape index (κ3) is 7.35. The molecule has 0 aliphatic carbocycles. The van der Waals surface area contributed by atoms with Gasteiger partial charge in [-0.05, 0) is 61.3 Å². The lowest BCUT2D eigenvalue weighted by Crippen LogP contribution is -2.42. The van der Waals surface area contributed by atoms with Gasteiger partial charge in [0.15, 0.2) is 5.96 Å². The molecule has 3 rings (SSSR count). The topological polar surface area (TPSA) is 60.0 Å². The number of guanidine groups is 1. The lowest BCUT2D eigenvalue weighted by Gasteiger charge is -2.29. The number of nitrogens with one attached hydrogen (secondary N) is 2. The average Bonchev–Trinajstić information content (AvgIpc) is 3.30. The van der Waals surface area contributed by atoms with Crippen LogP contribution in [0.5, 0.6) is 0 Å². The predicted molar refractivity (Wildman–Crippen MR) is 143 cm³/mol. The van der Waals surface area contributed by atoms with Gasteiger partial charge in [0.2, 0.25) is 0 Å². The Morgan fingerprint density at radius 3 is 2.41 bits per heavy atom. The molecule has 32 heavy (non-hydrogen) atoms. The highest BCUT2D eigenvalue weighted by atomic mass is 127. The SMILES string of the molecule is CN=C(NCc1ccc(C(=O)N(C)C)cc1)NCC(c1cccc(Cl)c1)N1CCCC1.I. The molecule has 6 nitrogen and oxygen atoms in total. The van der Waals surface area contributed by atoms with Crippen LogP contribution in [0, 0.1) is 0 Å². The molecule has 2 N–H and O–H groups in total. The number of hydrogen-bond acceptors (Lipinski definition) is 3. The zero-order chi connectivity index (χ0) is 22.2. The first-order valence-corrected chi connectivity index (χ1v) is 11.1. The highest BCUT2D eigenvalue weighted by Crippen LogP contribution is 2.26. The highest BCUT2D eigenvalue weighted by molar-refractivity contribution is 14.0. The van der Waals surface area contributed by atoms with Gasteiger partial charge in [-0.3, -0.25) is 14.7 Å². The van der Waals surface area contributed by atoms with E-state index in [0.29, 0.717) is 12.1 Å². The Hall–Kier alpha value is -1.84. The van der Waals surface area contributed by atoms with E-state index in [4.69, 9.17) is 11.6 Å². The molecule has 1 aliphatic heterocycles. The van der Waals surface area contributed by atoms with Crippen LogP contribution in [0.4, 0.5) is 0 Å². The summed E-state index contributed by atoms with van der Waals surface area (Å²) < 4.78 is 0. The summed E-state index contributed by atoms with van der Waals surface area (Å²) in [6.07, 6.45) is 2.47. The molecule has 8 heteroatoms. The van der Waals surface area contributed by atoms with E-state index in [1.165, 1.54) is 18.4 Å². The summed E-state index contributed by atoms with van der Waals surface area (Å²) in [5.41, 5.74) is 2.99. The Morgan fingerprint density at radius 1 is 1.12 bits per heavy atom. The third-order valence-electron chi connectivity index (χ3n) is 5.57. The molecule has 1 heterocycles. The van der Waals surface area contributed by atoms with Gasteiger partial charge in [-0.2, -0.15) is 0 Å². The molecule has 1 aliphatic rings. The summed E-state index contributed by atoms with van der Waals surface area (Å²) in [5.74, 6) is 0.755. The molecule has 0 saturated carbocycles. The van der Waals surface area contributed by atoms with E-state index in [2.05, 4.69) is 32.7 Å². The number of halogens is 2. The van der Waals surface area contributed by atoms with Gasteiger partial charge in [-0.1, -0.05) is 35.9 Å². The van der Waals surface area contributed by atoms with E-state index in [1.807, 2.05) is 36.4 Å². The summed E-state index contributed by atoms with van der Waals surface area (Å²) in [5, 5.41) is 7.60. The molecule has 1 fully saturated rings. The van der Waals surface area contributed by atoms with Crippen molar-refractivity contribution in [2.24, 2.45) is 4.99 Å². The van der Waals surface area contributed by atoms with Crippen molar-refractivity contribution in [2.75, 3.05) is 40.8 Å². The minimum atomic E-state index is 0. The average molecular weight is 570 g/mol. The van der Waals surface area contributed by atoms with Crippen LogP contribution < -0.4 is 10.6 Å². The molecule has 0 bridgehead atoms. The van der Waals surface area contributed by atoms with E-state index < -0.39 is 0 Å². The van der Waals surface area contributed by atoms with Crippen molar-refractivity contribution in [3.63, 3.8) is 0 Å². The fourth-order valence-electron chi connectivity index (χ4n) is 3.85. The zero-order valence-corrected chi connectivity index (χ0v) is 22.1. The number of carbonyl (C=O) groups is 1. The molecule has 1 unspecified atom stereocenters. The third-order valence-corrected chi connectivity index (χ3v) is 5.80. The van der Waals surface area contributed by atoms with Crippen LogP contribution >= 0.6 is 35.6 Å². The second-order valence-electron chi connectivity index (χ2n) is 8.02. The van der Waals surface area contributed by atoms with Crippen LogP contribution in [0.1, 0.15) is 40.4 Å². The van der Waals surface area contributed by atoms with Crippen LogP contribution in [-0.4, -0.2) is 62.4 Å². The van der Waals surface area contributed by atoms with E-state index in [-0.39, 0.29) is 35.9 Å². The summed E-state index contributed by atoms with van der Waals surface area (Å²) in [6.45, 7) is 3.57. The number of likely N-dealkylation sites (tertiary alicyclic amines) is 1. The maximum atomic E-state index is 12.0. The first-order valence-electron chi connectivity index (χ1n) is 10.7. The fraction of sp³-hybridized carbons (Fsp3) is 0.417. The van der Waals surface area contributed by atoms with Gasteiger partial charge in [0.05, 0.1) is 6.04 Å². The van der Waals surface area contributed by atoms with Crippen molar-refractivity contribution in [3.8, 4) is 0 Å². The lowest BCUT2D eigenvalue weighted by atomic mass is 10.1. The van der Waals surface area contributed by atoms with Gasteiger partial charge in [-0.25, -0.2) is 0 Å². The summed E-state index contributed by atoms with van der Waals surface area (Å²) >= 11 is 6.25. The zero-order valence-electron chi connectivity index (χ0n) is 19.0. The van der Waals surface area contributed by atoms with Crippen molar-refractivity contribution in [2.45, 2.75) is 25.4 Å². The number of nitrogens with zero attached hydrogens (tertiary/aromatic N) is 3. The highest BCUT2D eigenvalue weighted by Gasteiger charge is 2.23. The standard InChI is InChI=1S/C24H32ClN5O.HI/c1-26-24(27-16-18-9-11-19(12-10-18)23(31)29(2)3)28-17-22(30-13-4-5-14-30)20-7-6-8-21(25)15-20;/h6-12,15,22H,4-5,13-14,16-17H2,1-3H3,(H2,26,27,28);1H. The lowest BCUT2D eigenvalue weighted by molar-refractivity contribution is 0.0827. The van der Waals surface area contributed by atoms with Gasteiger partial charge in [0.1, 0.15) is 0 Å². The Labute approximate surface area is 213 Å². The van der Waals surface area contributed by atoms with Crippen LogP contribution in [0.15, 0.2) is 53.5 Å². The maximum absolute atomic E-state index is 12.0. The number of hydrogen-bond donors (Lipinski definition) is 2.